The molecule has 0 amide bonds. The van der Waals surface area contributed by atoms with E-state index in [-0.39, 0.29) is 11.4 Å². The third-order valence-electron chi connectivity index (χ3n) is 3.82. The van der Waals surface area contributed by atoms with Gasteiger partial charge in [0.25, 0.3) is 0 Å². The Hall–Kier alpha value is -2.88. The molecule has 4 heteroatoms. The summed E-state index contributed by atoms with van der Waals surface area (Å²) < 4.78 is 0. The molecule has 1 N–H and O–H groups in total. The summed E-state index contributed by atoms with van der Waals surface area (Å²) >= 11 is 0. The number of aromatic hydroxyl groups is 1. The van der Waals surface area contributed by atoms with Crippen LogP contribution in [0.15, 0.2) is 48.5 Å². The normalized spacial score (nSPS) is 11.6. The van der Waals surface area contributed by atoms with Crippen molar-refractivity contribution in [3.8, 4) is 28.0 Å². The zero-order valence-corrected chi connectivity index (χ0v) is 10.3. The van der Waals surface area contributed by atoms with Crippen molar-refractivity contribution < 1.29 is 10.0 Å². The molecule has 1 aliphatic rings. The van der Waals surface area contributed by atoms with Crippen LogP contribution in [0.4, 0.5) is 5.69 Å². The fourth-order valence-corrected chi connectivity index (χ4v) is 2.98. The molecule has 0 bridgehead atoms. The molecule has 0 atom stereocenters. The van der Waals surface area contributed by atoms with Gasteiger partial charge in [0.1, 0.15) is 0 Å². The molecule has 0 unspecified atom stereocenters. The summed E-state index contributed by atoms with van der Waals surface area (Å²) in [6.07, 6.45) is 0. The van der Waals surface area contributed by atoms with Crippen molar-refractivity contribution in [2.45, 2.75) is 0 Å². The number of hydrogen-bond acceptors (Lipinski definition) is 3. The Kier molecular flexibility index (Phi) is 1.96. The van der Waals surface area contributed by atoms with Crippen LogP contribution in [-0.4, -0.2) is 10.0 Å². The quantitative estimate of drug-likeness (QED) is 0.415. The van der Waals surface area contributed by atoms with Gasteiger partial charge in [0.05, 0.1) is 4.92 Å². The van der Waals surface area contributed by atoms with E-state index in [0.717, 1.165) is 27.6 Å². The molecule has 0 aliphatic heterocycles. The van der Waals surface area contributed by atoms with Crippen molar-refractivity contribution in [1.82, 2.24) is 0 Å². The molecule has 4 rings (SSSR count). The summed E-state index contributed by atoms with van der Waals surface area (Å²) in [6, 6.07) is 14.8. The highest BCUT2D eigenvalue weighted by molar-refractivity contribution is 6.17. The van der Waals surface area contributed by atoms with Crippen molar-refractivity contribution >= 4 is 16.5 Å². The maximum Gasteiger partial charge on any atom is 0.312 e. The topological polar surface area (TPSA) is 63.4 Å². The summed E-state index contributed by atoms with van der Waals surface area (Å²) in [6.45, 7) is 0. The van der Waals surface area contributed by atoms with E-state index in [0.29, 0.717) is 5.39 Å². The number of phenols is 1. The van der Waals surface area contributed by atoms with Gasteiger partial charge < -0.3 is 5.11 Å². The largest absolute Gasteiger partial charge is 0.502 e. The third kappa shape index (κ3) is 1.20. The van der Waals surface area contributed by atoms with Crippen LogP contribution >= 0.6 is 0 Å². The van der Waals surface area contributed by atoms with E-state index >= 15 is 0 Å². The molecule has 0 saturated carbocycles. The first-order valence-electron chi connectivity index (χ1n) is 6.21. The van der Waals surface area contributed by atoms with Crippen molar-refractivity contribution in [1.29, 1.82) is 0 Å². The average molecular weight is 263 g/mol. The molecule has 1 aliphatic carbocycles. The lowest BCUT2D eigenvalue weighted by molar-refractivity contribution is -0.385. The monoisotopic (exact) mass is 263 g/mol. The van der Waals surface area contributed by atoms with Crippen LogP contribution in [-0.2, 0) is 0 Å². The second-order valence-corrected chi connectivity index (χ2v) is 4.82. The molecule has 96 valence electrons. The highest BCUT2D eigenvalue weighted by atomic mass is 16.6. The molecular formula is C16H9NO3. The van der Waals surface area contributed by atoms with Crippen LogP contribution in [0.2, 0.25) is 0 Å². The zero-order valence-electron chi connectivity index (χ0n) is 10.3. The second kappa shape index (κ2) is 3.57. The van der Waals surface area contributed by atoms with Gasteiger partial charge in [0.15, 0.2) is 0 Å². The Balaban J connectivity index is 2.25. The van der Waals surface area contributed by atoms with Gasteiger partial charge in [-0.2, -0.15) is 0 Å². The minimum atomic E-state index is -0.543. The van der Waals surface area contributed by atoms with Gasteiger partial charge in [-0.15, -0.1) is 0 Å². The predicted molar refractivity (Wildman–Crippen MR) is 76.7 cm³/mol. The van der Waals surface area contributed by atoms with E-state index in [1.165, 1.54) is 6.07 Å². The SMILES string of the molecule is O=[N+]([O-])c1cc2c3c(cccc3c1O)-c1ccccc1-2. The number of benzene rings is 3. The van der Waals surface area contributed by atoms with E-state index in [2.05, 4.69) is 0 Å². The first-order valence-corrected chi connectivity index (χ1v) is 6.21. The summed E-state index contributed by atoms with van der Waals surface area (Å²) in [5, 5.41) is 22.7. The van der Waals surface area contributed by atoms with Gasteiger partial charge in [-0.1, -0.05) is 42.5 Å². The molecule has 0 aromatic heterocycles. The number of nitro benzene ring substituents is 1. The lowest BCUT2D eigenvalue weighted by Crippen LogP contribution is -1.90. The number of rotatable bonds is 1. The number of nitro groups is 1. The van der Waals surface area contributed by atoms with Crippen LogP contribution in [0.5, 0.6) is 5.75 Å². The Bertz CT molecular complexity index is 900. The van der Waals surface area contributed by atoms with Crippen molar-refractivity contribution in [3.05, 3.63) is 58.6 Å². The van der Waals surface area contributed by atoms with Crippen molar-refractivity contribution in [3.63, 3.8) is 0 Å². The molecule has 3 aromatic carbocycles. The zero-order chi connectivity index (χ0) is 13.9. The predicted octanol–water partition coefficient (Wildman–Crippen LogP) is 4.10. The van der Waals surface area contributed by atoms with Crippen molar-refractivity contribution in [2.75, 3.05) is 0 Å². The van der Waals surface area contributed by atoms with Gasteiger partial charge in [-0.05, 0) is 22.3 Å². The van der Waals surface area contributed by atoms with Gasteiger partial charge in [-0.3, -0.25) is 10.1 Å². The fourth-order valence-electron chi connectivity index (χ4n) is 2.98. The third-order valence-corrected chi connectivity index (χ3v) is 3.82. The van der Waals surface area contributed by atoms with E-state index in [1.54, 1.807) is 6.07 Å². The summed E-state index contributed by atoms with van der Waals surface area (Å²) in [5.74, 6) is -0.261. The van der Waals surface area contributed by atoms with Gasteiger partial charge >= 0.3 is 5.69 Å². The first kappa shape index (κ1) is 11.0. The molecule has 4 nitrogen and oxygen atoms in total. The summed E-state index contributed by atoms with van der Waals surface area (Å²) in [7, 11) is 0. The van der Waals surface area contributed by atoms with Crippen LogP contribution in [0.1, 0.15) is 0 Å². The maximum absolute atomic E-state index is 11.1. The fraction of sp³-hybridized carbons (Fsp3) is 0. The van der Waals surface area contributed by atoms with Crippen LogP contribution in [0, 0.1) is 10.1 Å². The standard InChI is InChI=1S/C16H9NO3/c18-16-12-7-3-6-11-9-4-1-2-5-10(9)13(15(11)12)8-14(16)17(19)20/h1-8,18H. The summed E-state index contributed by atoms with van der Waals surface area (Å²) in [4.78, 5) is 10.6. The van der Waals surface area contributed by atoms with Gasteiger partial charge in [-0.25, -0.2) is 0 Å². The first-order chi connectivity index (χ1) is 9.68. The maximum atomic E-state index is 11.1. The molecule has 0 saturated heterocycles. The molecule has 0 fully saturated rings. The molecule has 3 aromatic rings. The Morgan fingerprint density at radius 1 is 0.900 bits per heavy atom. The Labute approximate surface area is 114 Å². The molecule has 20 heavy (non-hydrogen) atoms. The van der Waals surface area contributed by atoms with Crippen molar-refractivity contribution in [2.24, 2.45) is 0 Å². The van der Waals surface area contributed by atoms with E-state index in [1.807, 2.05) is 36.4 Å². The smallest absolute Gasteiger partial charge is 0.312 e. The summed E-state index contributed by atoms with van der Waals surface area (Å²) in [5.41, 5.74) is 3.60. The molecule has 0 spiro atoms. The lowest BCUT2D eigenvalue weighted by Gasteiger charge is -2.05. The van der Waals surface area contributed by atoms with Gasteiger partial charge in [0, 0.05) is 16.8 Å². The van der Waals surface area contributed by atoms with Gasteiger partial charge in [0.2, 0.25) is 5.75 Å². The minimum absolute atomic E-state index is 0.249. The van der Waals surface area contributed by atoms with E-state index < -0.39 is 4.92 Å². The van der Waals surface area contributed by atoms with Crippen LogP contribution in [0.25, 0.3) is 33.0 Å². The molecule has 0 heterocycles. The number of phenolic OH excluding ortho intramolecular Hbond substituents is 1. The average Bonchev–Trinajstić information content (AvgIpc) is 2.78. The lowest BCUT2D eigenvalue weighted by atomic mass is 10.0. The van der Waals surface area contributed by atoms with E-state index in [4.69, 9.17) is 0 Å². The number of nitrogens with zero attached hydrogens (tertiary/aromatic N) is 1. The number of fused-ring (bicyclic) bond motifs is 3. The highest BCUT2D eigenvalue weighted by Gasteiger charge is 2.27. The molecule has 0 radical (unpaired) electrons. The Morgan fingerprint density at radius 3 is 2.25 bits per heavy atom. The second-order valence-electron chi connectivity index (χ2n) is 4.82. The van der Waals surface area contributed by atoms with Crippen LogP contribution in [0.3, 0.4) is 0 Å². The Morgan fingerprint density at radius 2 is 1.55 bits per heavy atom. The van der Waals surface area contributed by atoms with E-state index in [9.17, 15) is 15.2 Å². The minimum Gasteiger partial charge on any atom is -0.502 e. The molecular weight excluding hydrogens is 254 g/mol. The number of hydrogen-bond donors (Lipinski definition) is 1. The van der Waals surface area contributed by atoms with Crippen LogP contribution < -0.4 is 0 Å². The highest BCUT2D eigenvalue weighted by Crippen LogP contribution is 2.51.